The van der Waals surface area contributed by atoms with Crippen molar-refractivity contribution in [2.45, 2.75) is 20.8 Å². The van der Waals surface area contributed by atoms with E-state index in [1.54, 1.807) is 30.5 Å². The molecule has 168 valence electrons. The summed E-state index contributed by atoms with van der Waals surface area (Å²) in [5.41, 5.74) is 2.94. The summed E-state index contributed by atoms with van der Waals surface area (Å²) >= 11 is 0. The van der Waals surface area contributed by atoms with Crippen LogP contribution in [0.4, 0.5) is 5.69 Å². The number of rotatable bonds is 5. The van der Waals surface area contributed by atoms with Crippen LogP contribution in [0.2, 0.25) is 0 Å². The van der Waals surface area contributed by atoms with Gasteiger partial charge in [-0.15, -0.1) is 0 Å². The average molecular weight is 450 g/mol. The lowest BCUT2D eigenvalue weighted by Crippen LogP contribution is -2.20. The molecule has 2 aromatic heterocycles. The van der Waals surface area contributed by atoms with E-state index in [0.717, 1.165) is 16.7 Å². The maximum absolute atomic E-state index is 13.4. The van der Waals surface area contributed by atoms with Gasteiger partial charge in [-0.05, 0) is 62.2 Å². The molecule has 0 saturated heterocycles. The Hall–Kier alpha value is -4.70. The lowest BCUT2D eigenvalue weighted by molar-refractivity contribution is -0.112. The summed E-state index contributed by atoms with van der Waals surface area (Å²) in [6.45, 7) is 5.65. The number of aryl methyl sites for hydroxylation is 3. The fourth-order valence-electron chi connectivity index (χ4n) is 3.40. The standard InChI is InChI=1S/C27H22N4O3/c1-17-10-12-21(13-11-17)29-25(32)20(16-28)15-22-26(34-23-9-5-4-7-18(23)2)30-24-19(3)8-6-14-31(24)27(22)33/h4-15H,1-3H3,(H,29,32)/b20-15+. The van der Waals surface area contributed by atoms with Gasteiger partial charge in [0.25, 0.3) is 11.5 Å². The van der Waals surface area contributed by atoms with Crippen molar-refractivity contribution < 1.29 is 9.53 Å². The third-order valence-electron chi connectivity index (χ3n) is 5.31. The lowest BCUT2D eigenvalue weighted by Gasteiger charge is -2.13. The number of pyridine rings is 1. The van der Waals surface area contributed by atoms with Crippen LogP contribution >= 0.6 is 0 Å². The summed E-state index contributed by atoms with van der Waals surface area (Å²) in [5, 5.41) is 12.4. The molecule has 0 atom stereocenters. The second kappa shape index (κ2) is 9.43. The molecule has 0 spiro atoms. The van der Waals surface area contributed by atoms with E-state index in [-0.39, 0.29) is 17.0 Å². The van der Waals surface area contributed by atoms with E-state index in [4.69, 9.17) is 4.74 Å². The summed E-state index contributed by atoms with van der Waals surface area (Å²) in [4.78, 5) is 30.8. The molecule has 1 amide bonds. The van der Waals surface area contributed by atoms with E-state index < -0.39 is 11.5 Å². The summed E-state index contributed by atoms with van der Waals surface area (Å²) in [6.07, 6.45) is 2.81. The van der Waals surface area contributed by atoms with E-state index in [2.05, 4.69) is 10.3 Å². The van der Waals surface area contributed by atoms with Gasteiger partial charge in [-0.3, -0.25) is 14.0 Å². The number of hydrogen-bond acceptors (Lipinski definition) is 5. The van der Waals surface area contributed by atoms with Crippen molar-refractivity contribution in [3.63, 3.8) is 0 Å². The van der Waals surface area contributed by atoms with E-state index in [1.807, 2.05) is 63.2 Å². The number of benzene rings is 2. The summed E-state index contributed by atoms with van der Waals surface area (Å²) in [6, 6.07) is 20.0. The molecular weight excluding hydrogens is 428 g/mol. The third-order valence-corrected chi connectivity index (χ3v) is 5.31. The zero-order valence-electron chi connectivity index (χ0n) is 19.0. The van der Waals surface area contributed by atoms with Crippen molar-refractivity contribution in [3.8, 4) is 17.7 Å². The molecule has 34 heavy (non-hydrogen) atoms. The van der Waals surface area contributed by atoms with Crippen LogP contribution in [0.25, 0.3) is 11.7 Å². The van der Waals surface area contributed by atoms with E-state index in [9.17, 15) is 14.9 Å². The van der Waals surface area contributed by atoms with Crippen molar-refractivity contribution in [2.24, 2.45) is 0 Å². The van der Waals surface area contributed by atoms with Crippen LogP contribution in [-0.4, -0.2) is 15.3 Å². The van der Waals surface area contributed by atoms with Crippen LogP contribution in [0.15, 0.2) is 77.2 Å². The molecule has 2 aromatic carbocycles. The number of nitrogens with zero attached hydrogens (tertiary/aromatic N) is 3. The number of nitriles is 1. The number of carbonyl (C=O) groups is 1. The normalized spacial score (nSPS) is 11.2. The molecular formula is C27H22N4O3. The van der Waals surface area contributed by atoms with E-state index in [1.165, 1.54) is 10.5 Å². The van der Waals surface area contributed by atoms with Crippen LogP contribution in [0.3, 0.4) is 0 Å². The van der Waals surface area contributed by atoms with Crippen LogP contribution in [0.5, 0.6) is 11.6 Å². The molecule has 0 saturated carbocycles. The number of aromatic nitrogens is 2. The molecule has 2 heterocycles. The van der Waals surface area contributed by atoms with E-state index in [0.29, 0.717) is 17.1 Å². The Labute approximate surface area is 196 Å². The van der Waals surface area contributed by atoms with Gasteiger partial charge in [0.05, 0.1) is 0 Å². The summed E-state index contributed by atoms with van der Waals surface area (Å²) in [7, 11) is 0. The predicted octanol–water partition coefficient (Wildman–Crippen LogP) is 4.96. The van der Waals surface area contributed by atoms with Gasteiger partial charge in [0, 0.05) is 11.9 Å². The second-order valence-corrected chi connectivity index (χ2v) is 7.88. The number of amides is 1. The first-order valence-corrected chi connectivity index (χ1v) is 10.6. The molecule has 0 aliphatic rings. The van der Waals surface area contributed by atoms with Gasteiger partial charge in [0.2, 0.25) is 5.88 Å². The zero-order valence-corrected chi connectivity index (χ0v) is 19.0. The maximum Gasteiger partial charge on any atom is 0.269 e. The number of hydrogen-bond donors (Lipinski definition) is 1. The first-order valence-electron chi connectivity index (χ1n) is 10.6. The number of carbonyl (C=O) groups excluding carboxylic acids is 1. The van der Waals surface area contributed by atoms with Gasteiger partial charge in [0.15, 0.2) is 0 Å². The zero-order chi connectivity index (χ0) is 24.2. The molecule has 4 rings (SSSR count). The molecule has 0 radical (unpaired) electrons. The molecule has 1 N–H and O–H groups in total. The molecule has 7 nitrogen and oxygen atoms in total. The number of ether oxygens (including phenoxy) is 1. The minimum absolute atomic E-state index is 0.00181. The van der Waals surface area contributed by atoms with Gasteiger partial charge >= 0.3 is 0 Å². The van der Waals surface area contributed by atoms with Crippen LogP contribution in [-0.2, 0) is 4.79 Å². The van der Waals surface area contributed by atoms with Crippen molar-refractivity contribution in [3.05, 3.63) is 105 Å². The van der Waals surface area contributed by atoms with Gasteiger partial charge in [-0.25, -0.2) is 0 Å². The highest BCUT2D eigenvalue weighted by Crippen LogP contribution is 2.27. The highest BCUT2D eigenvalue weighted by molar-refractivity contribution is 6.09. The minimum Gasteiger partial charge on any atom is -0.438 e. The quantitative estimate of drug-likeness (QED) is 0.342. The Morgan fingerprint density at radius 1 is 1.03 bits per heavy atom. The third kappa shape index (κ3) is 4.57. The van der Waals surface area contributed by atoms with Crippen molar-refractivity contribution in [1.29, 1.82) is 5.26 Å². The predicted molar refractivity (Wildman–Crippen MR) is 131 cm³/mol. The number of fused-ring (bicyclic) bond motifs is 1. The van der Waals surface area contributed by atoms with Crippen molar-refractivity contribution in [1.82, 2.24) is 9.38 Å². The average Bonchev–Trinajstić information content (AvgIpc) is 2.82. The fraction of sp³-hybridized carbons (Fsp3) is 0.111. The summed E-state index contributed by atoms with van der Waals surface area (Å²) < 4.78 is 7.40. The van der Waals surface area contributed by atoms with Gasteiger partial charge < -0.3 is 10.1 Å². The monoisotopic (exact) mass is 450 g/mol. The van der Waals surface area contributed by atoms with Gasteiger partial charge in [-0.1, -0.05) is 42.0 Å². The Morgan fingerprint density at radius 3 is 2.44 bits per heavy atom. The molecule has 4 aromatic rings. The highest BCUT2D eigenvalue weighted by Gasteiger charge is 2.18. The van der Waals surface area contributed by atoms with Gasteiger partial charge in [-0.2, -0.15) is 10.2 Å². The first-order chi connectivity index (χ1) is 16.4. The van der Waals surface area contributed by atoms with Crippen LogP contribution < -0.4 is 15.6 Å². The topological polar surface area (TPSA) is 96.5 Å². The summed E-state index contributed by atoms with van der Waals surface area (Å²) in [5.74, 6) is -0.101. The minimum atomic E-state index is -0.637. The smallest absolute Gasteiger partial charge is 0.269 e. The molecule has 0 aliphatic carbocycles. The fourth-order valence-corrected chi connectivity index (χ4v) is 3.40. The molecule has 0 fully saturated rings. The number of anilines is 1. The largest absolute Gasteiger partial charge is 0.438 e. The molecule has 0 bridgehead atoms. The number of nitrogens with one attached hydrogen (secondary N) is 1. The SMILES string of the molecule is Cc1ccc(NC(=O)/C(C#N)=C/c2c(Oc3ccccc3C)nc3c(C)cccn3c2=O)cc1. The molecule has 7 heteroatoms. The first kappa shape index (κ1) is 22.5. The second-order valence-electron chi connectivity index (χ2n) is 7.88. The Morgan fingerprint density at radius 2 is 1.74 bits per heavy atom. The lowest BCUT2D eigenvalue weighted by atomic mass is 10.1. The van der Waals surface area contributed by atoms with Crippen molar-refractivity contribution in [2.75, 3.05) is 5.32 Å². The van der Waals surface area contributed by atoms with Gasteiger partial charge in [0.1, 0.15) is 28.6 Å². The maximum atomic E-state index is 13.4. The molecule has 0 unspecified atom stereocenters. The van der Waals surface area contributed by atoms with Crippen LogP contribution in [0.1, 0.15) is 22.3 Å². The highest BCUT2D eigenvalue weighted by atomic mass is 16.5. The Kier molecular flexibility index (Phi) is 6.24. The number of para-hydroxylation sites is 1. The van der Waals surface area contributed by atoms with E-state index >= 15 is 0 Å². The Balaban J connectivity index is 1.84. The van der Waals surface area contributed by atoms with Crippen molar-refractivity contribution >= 4 is 23.3 Å². The Bertz CT molecular complexity index is 1530. The van der Waals surface area contributed by atoms with Crippen LogP contribution in [0, 0.1) is 32.1 Å². The molecule has 0 aliphatic heterocycles.